The van der Waals surface area contributed by atoms with Crippen molar-refractivity contribution in [1.82, 2.24) is 5.32 Å². The second-order valence-electron chi connectivity index (χ2n) is 4.84. The van der Waals surface area contributed by atoms with Gasteiger partial charge in [-0.1, -0.05) is 67.0 Å². The van der Waals surface area contributed by atoms with Crippen LogP contribution in [0.5, 0.6) is 0 Å². The Morgan fingerprint density at radius 3 is 2.31 bits per heavy atom. The minimum atomic E-state index is -0.352. The molecule has 2 nitrogen and oxygen atoms in total. The van der Waals surface area contributed by atoms with E-state index in [1.165, 1.54) is 0 Å². The Morgan fingerprint density at radius 1 is 1.31 bits per heavy atom. The Balaban J connectivity index is 2.75. The maximum Gasteiger partial charge on any atom is 0.225 e. The standard InChI is InChI=1S/C13H18BrNO/c1-13(2,3)12(16)15-11(9-14)10-7-5-4-6-8-10/h4-8,11H,9H2,1-3H3,(H,15,16). The minimum absolute atomic E-state index is 0.0351. The molecule has 1 amide bonds. The van der Waals surface area contributed by atoms with E-state index in [9.17, 15) is 4.79 Å². The van der Waals surface area contributed by atoms with Crippen molar-refractivity contribution in [2.75, 3.05) is 5.33 Å². The molecule has 0 saturated carbocycles. The number of halogens is 1. The van der Waals surface area contributed by atoms with Crippen LogP contribution in [0, 0.1) is 5.41 Å². The van der Waals surface area contributed by atoms with E-state index in [-0.39, 0.29) is 17.4 Å². The van der Waals surface area contributed by atoms with Gasteiger partial charge in [0.25, 0.3) is 0 Å². The Bertz CT molecular complexity index is 343. The number of rotatable bonds is 3. The fraction of sp³-hybridized carbons (Fsp3) is 0.462. The van der Waals surface area contributed by atoms with Crippen molar-refractivity contribution in [2.24, 2.45) is 5.41 Å². The quantitative estimate of drug-likeness (QED) is 0.848. The molecular weight excluding hydrogens is 266 g/mol. The van der Waals surface area contributed by atoms with Crippen LogP contribution < -0.4 is 5.32 Å². The molecule has 0 saturated heterocycles. The highest BCUT2D eigenvalue weighted by atomic mass is 79.9. The monoisotopic (exact) mass is 283 g/mol. The number of nitrogens with one attached hydrogen (secondary N) is 1. The Kier molecular flexibility index (Phi) is 4.54. The lowest BCUT2D eigenvalue weighted by Crippen LogP contribution is -2.38. The maximum absolute atomic E-state index is 11.9. The molecule has 1 N–H and O–H groups in total. The normalized spacial score (nSPS) is 13.2. The molecule has 0 bridgehead atoms. The Hall–Kier alpha value is -0.830. The Morgan fingerprint density at radius 2 is 1.88 bits per heavy atom. The number of carbonyl (C=O) groups is 1. The first-order valence-electron chi connectivity index (χ1n) is 5.37. The largest absolute Gasteiger partial charge is 0.348 e. The van der Waals surface area contributed by atoms with Crippen molar-refractivity contribution in [3.8, 4) is 0 Å². The van der Waals surface area contributed by atoms with Crippen LogP contribution in [0.2, 0.25) is 0 Å². The third kappa shape index (κ3) is 3.63. The number of carbonyl (C=O) groups excluding carboxylic acids is 1. The number of alkyl halides is 1. The van der Waals surface area contributed by atoms with Gasteiger partial charge in [-0.2, -0.15) is 0 Å². The molecule has 0 fully saturated rings. The number of amides is 1. The van der Waals surface area contributed by atoms with Gasteiger partial charge in [-0.3, -0.25) is 4.79 Å². The zero-order valence-electron chi connectivity index (χ0n) is 9.96. The summed E-state index contributed by atoms with van der Waals surface area (Å²) in [6.45, 7) is 5.75. The minimum Gasteiger partial charge on any atom is -0.348 e. The average molecular weight is 284 g/mol. The van der Waals surface area contributed by atoms with Crippen LogP contribution in [-0.4, -0.2) is 11.2 Å². The van der Waals surface area contributed by atoms with E-state index in [0.717, 1.165) is 10.9 Å². The van der Waals surface area contributed by atoms with Gasteiger partial charge in [0.1, 0.15) is 0 Å². The van der Waals surface area contributed by atoms with Crippen molar-refractivity contribution < 1.29 is 4.79 Å². The molecule has 3 heteroatoms. The molecule has 1 unspecified atom stereocenters. The van der Waals surface area contributed by atoms with E-state index < -0.39 is 0 Å². The maximum atomic E-state index is 11.9. The van der Waals surface area contributed by atoms with Gasteiger partial charge in [0.05, 0.1) is 6.04 Å². The van der Waals surface area contributed by atoms with Gasteiger partial charge in [-0.25, -0.2) is 0 Å². The van der Waals surface area contributed by atoms with Crippen molar-refractivity contribution in [1.29, 1.82) is 0 Å². The molecule has 0 aromatic heterocycles. The topological polar surface area (TPSA) is 29.1 Å². The number of benzene rings is 1. The zero-order chi connectivity index (χ0) is 12.2. The van der Waals surface area contributed by atoms with Gasteiger partial charge < -0.3 is 5.32 Å². The lowest BCUT2D eigenvalue weighted by Gasteiger charge is -2.23. The second kappa shape index (κ2) is 5.48. The van der Waals surface area contributed by atoms with Crippen LogP contribution in [0.1, 0.15) is 32.4 Å². The highest BCUT2D eigenvalue weighted by Crippen LogP contribution is 2.19. The van der Waals surface area contributed by atoms with E-state index in [4.69, 9.17) is 0 Å². The fourth-order valence-corrected chi connectivity index (χ4v) is 1.81. The van der Waals surface area contributed by atoms with Gasteiger partial charge in [-0.05, 0) is 5.56 Å². The average Bonchev–Trinajstić information content (AvgIpc) is 2.25. The van der Waals surface area contributed by atoms with Crippen LogP contribution in [0.15, 0.2) is 30.3 Å². The van der Waals surface area contributed by atoms with Crippen LogP contribution in [0.3, 0.4) is 0 Å². The molecule has 0 spiro atoms. The predicted octanol–water partition coefficient (Wildman–Crippen LogP) is 3.28. The first-order chi connectivity index (χ1) is 7.45. The highest BCUT2D eigenvalue weighted by Gasteiger charge is 2.24. The first kappa shape index (κ1) is 13.2. The smallest absolute Gasteiger partial charge is 0.225 e. The van der Waals surface area contributed by atoms with Crippen molar-refractivity contribution in [3.05, 3.63) is 35.9 Å². The van der Waals surface area contributed by atoms with Gasteiger partial charge in [-0.15, -0.1) is 0 Å². The molecule has 0 heterocycles. The summed E-state index contributed by atoms with van der Waals surface area (Å²) in [5.74, 6) is 0.0702. The van der Waals surface area contributed by atoms with Crippen molar-refractivity contribution in [2.45, 2.75) is 26.8 Å². The first-order valence-corrected chi connectivity index (χ1v) is 6.49. The zero-order valence-corrected chi connectivity index (χ0v) is 11.5. The summed E-state index contributed by atoms with van der Waals surface area (Å²) >= 11 is 3.43. The van der Waals surface area contributed by atoms with E-state index >= 15 is 0 Å². The fourth-order valence-electron chi connectivity index (χ4n) is 1.27. The molecule has 0 aliphatic heterocycles. The van der Waals surface area contributed by atoms with Crippen LogP contribution in [0.4, 0.5) is 0 Å². The van der Waals surface area contributed by atoms with E-state index in [1.807, 2.05) is 51.1 Å². The summed E-state index contributed by atoms with van der Waals surface area (Å²) in [4.78, 5) is 11.9. The number of hydrogen-bond acceptors (Lipinski definition) is 1. The van der Waals surface area contributed by atoms with Gasteiger partial charge in [0.2, 0.25) is 5.91 Å². The predicted molar refractivity (Wildman–Crippen MR) is 70.6 cm³/mol. The molecule has 1 atom stereocenters. The summed E-state index contributed by atoms with van der Waals surface area (Å²) in [5, 5.41) is 3.76. The van der Waals surface area contributed by atoms with Crippen molar-refractivity contribution in [3.63, 3.8) is 0 Å². The van der Waals surface area contributed by atoms with E-state index in [0.29, 0.717) is 0 Å². The summed E-state index contributed by atoms with van der Waals surface area (Å²) in [5.41, 5.74) is 0.770. The van der Waals surface area contributed by atoms with Gasteiger partial charge in [0, 0.05) is 10.7 Å². The van der Waals surface area contributed by atoms with E-state index in [2.05, 4.69) is 21.2 Å². The molecule has 16 heavy (non-hydrogen) atoms. The summed E-state index contributed by atoms with van der Waals surface area (Å²) in [6.07, 6.45) is 0. The third-order valence-electron chi connectivity index (χ3n) is 2.34. The molecule has 0 aliphatic rings. The molecule has 1 aromatic carbocycles. The number of hydrogen-bond donors (Lipinski definition) is 1. The lowest BCUT2D eigenvalue weighted by atomic mass is 9.95. The van der Waals surface area contributed by atoms with Crippen LogP contribution >= 0.6 is 15.9 Å². The summed E-state index contributed by atoms with van der Waals surface area (Å²) in [7, 11) is 0. The lowest BCUT2D eigenvalue weighted by molar-refractivity contribution is -0.129. The SMILES string of the molecule is CC(C)(C)C(=O)NC(CBr)c1ccccc1. The van der Waals surface area contributed by atoms with E-state index in [1.54, 1.807) is 0 Å². The molecular formula is C13H18BrNO. The molecule has 0 radical (unpaired) electrons. The second-order valence-corrected chi connectivity index (χ2v) is 5.49. The van der Waals surface area contributed by atoms with Gasteiger partial charge >= 0.3 is 0 Å². The summed E-state index contributed by atoms with van der Waals surface area (Å²) < 4.78 is 0. The van der Waals surface area contributed by atoms with Crippen molar-refractivity contribution >= 4 is 21.8 Å². The Labute approximate surface area is 106 Å². The summed E-state index contributed by atoms with van der Waals surface area (Å²) in [6, 6.07) is 10.0. The molecule has 0 aliphatic carbocycles. The van der Waals surface area contributed by atoms with Crippen LogP contribution in [-0.2, 0) is 4.79 Å². The van der Waals surface area contributed by atoms with Gasteiger partial charge in [0.15, 0.2) is 0 Å². The van der Waals surface area contributed by atoms with Crippen LogP contribution in [0.25, 0.3) is 0 Å². The third-order valence-corrected chi connectivity index (χ3v) is 2.99. The molecule has 88 valence electrons. The highest BCUT2D eigenvalue weighted by molar-refractivity contribution is 9.09. The molecule has 1 aromatic rings. The molecule has 1 rings (SSSR count).